The average molecular weight is 659 g/mol. The number of piperidine rings is 1. The lowest BCUT2D eigenvalue weighted by Gasteiger charge is -2.36. The van der Waals surface area contributed by atoms with Crippen molar-refractivity contribution in [2.45, 2.75) is 44.5 Å². The molecule has 3 aromatic carbocycles. The lowest BCUT2D eigenvalue weighted by atomic mass is 10.0. The molecule has 0 aliphatic carbocycles. The monoisotopic (exact) mass is 658 g/mol. The molecule has 36 heavy (non-hydrogen) atoms. The fourth-order valence-electron chi connectivity index (χ4n) is 4.06. The number of amides is 1. The summed E-state index contributed by atoms with van der Waals surface area (Å²) in [6, 6.07) is 18.3. The summed E-state index contributed by atoms with van der Waals surface area (Å²) in [5, 5.41) is 0.543. The zero-order chi connectivity index (χ0) is 26.1. The van der Waals surface area contributed by atoms with Crippen LogP contribution in [0.1, 0.15) is 28.8 Å². The van der Waals surface area contributed by atoms with Crippen LogP contribution in [0.2, 0.25) is 5.02 Å². The van der Waals surface area contributed by atoms with Crippen molar-refractivity contribution in [3.05, 3.63) is 88.9 Å². The third-order valence-corrected chi connectivity index (χ3v) is 10.9. The van der Waals surface area contributed by atoms with Crippen LogP contribution in [-0.2, 0) is 19.9 Å². The van der Waals surface area contributed by atoms with Gasteiger partial charge in [0.25, 0.3) is 5.91 Å². The molecule has 1 amide bonds. The van der Waals surface area contributed by atoms with Gasteiger partial charge in [-0.15, -0.1) is 0 Å². The fraction of sp³-hybridized carbons (Fsp3) is 0.240. The van der Waals surface area contributed by atoms with Crippen LogP contribution in [0.3, 0.4) is 0 Å². The first-order valence-electron chi connectivity index (χ1n) is 11.1. The summed E-state index contributed by atoms with van der Waals surface area (Å²) in [6.07, 6.45) is 0.847. The van der Waals surface area contributed by atoms with Crippen molar-refractivity contribution in [3.63, 3.8) is 0 Å². The molecule has 2 atom stereocenters. The van der Waals surface area contributed by atoms with Gasteiger partial charge < -0.3 is 4.90 Å². The molecule has 2 unspecified atom stereocenters. The standard InChI is InChI=1S/C25H24ClIN2O5S2/c1-17-7-12-22(35(31,32)21-5-3-2-4-6-21)16-23(17)36(33,34)28-20-13-14-29(24(27)15-20)25(30)18-8-10-19(26)11-9-18/h2-12,16,20,24,28H,13-15H2,1H3. The highest BCUT2D eigenvalue weighted by molar-refractivity contribution is 14.1. The summed E-state index contributed by atoms with van der Waals surface area (Å²) in [7, 11) is -7.88. The van der Waals surface area contributed by atoms with Crippen molar-refractivity contribution in [1.82, 2.24) is 9.62 Å². The number of rotatable bonds is 6. The van der Waals surface area contributed by atoms with E-state index in [4.69, 9.17) is 11.6 Å². The van der Waals surface area contributed by atoms with Gasteiger partial charge in [0.2, 0.25) is 19.9 Å². The molecule has 0 radical (unpaired) electrons. The topological polar surface area (TPSA) is 101 Å². The summed E-state index contributed by atoms with van der Waals surface area (Å²) < 4.78 is 55.2. The van der Waals surface area contributed by atoms with Crippen molar-refractivity contribution in [2.24, 2.45) is 0 Å². The molecule has 1 saturated heterocycles. The van der Waals surface area contributed by atoms with Gasteiger partial charge in [0.15, 0.2) is 0 Å². The highest BCUT2D eigenvalue weighted by atomic mass is 127. The highest BCUT2D eigenvalue weighted by Gasteiger charge is 2.33. The second-order valence-corrected chi connectivity index (χ2v) is 14.0. The first kappa shape index (κ1) is 27.1. The van der Waals surface area contributed by atoms with E-state index < -0.39 is 25.9 Å². The number of alkyl halides is 1. The van der Waals surface area contributed by atoms with E-state index in [-0.39, 0.29) is 24.6 Å². The Kier molecular flexibility index (Phi) is 8.10. The van der Waals surface area contributed by atoms with E-state index >= 15 is 0 Å². The van der Waals surface area contributed by atoms with Crippen LogP contribution in [0, 0.1) is 6.92 Å². The summed E-state index contributed by atoms with van der Waals surface area (Å²) in [5.74, 6) is -0.137. The van der Waals surface area contributed by atoms with E-state index in [9.17, 15) is 21.6 Å². The number of carbonyl (C=O) groups excluding carboxylic acids is 1. The third kappa shape index (κ3) is 5.77. The Morgan fingerprint density at radius 1 is 0.972 bits per heavy atom. The van der Waals surface area contributed by atoms with Gasteiger partial charge >= 0.3 is 0 Å². The summed E-state index contributed by atoms with van der Waals surface area (Å²) >= 11 is 8.06. The molecular formula is C25H24ClIN2O5S2. The predicted octanol–water partition coefficient (Wildman–Crippen LogP) is 4.83. The number of hydrogen-bond acceptors (Lipinski definition) is 5. The number of hydrogen-bond donors (Lipinski definition) is 1. The number of carbonyl (C=O) groups is 1. The maximum atomic E-state index is 13.3. The fourth-order valence-corrected chi connectivity index (χ4v) is 8.27. The highest BCUT2D eigenvalue weighted by Crippen LogP contribution is 2.28. The first-order valence-corrected chi connectivity index (χ1v) is 15.7. The van der Waals surface area contributed by atoms with Crippen molar-refractivity contribution >= 4 is 60.0 Å². The molecule has 7 nitrogen and oxygen atoms in total. The van der Waals surface area contributed by atoms with Gasteiger partial charge in [0, 0.05) is 23.2 Å². The number of nitrogens with one attached hydrogen (secondary N) is 1. The number of sulfonamides is 1. The van der Waals surface area contributed by atoms with E-state index in [1.165, 1.54) is 30.3 Å². The number of halogens is 2. The molecular weight excluding hydrogens is 635 g/mol. The van der Waals surface area contributed by atoms with Crippen LogP contribution in [-0.4, -0.2) is 44.3 Å². The van der Waals surface area contributed by atoms with Gasteiger partial charge in [0.1, 0.15) is 0 Å². The van der Waals surface area contributed by atoms with Gasteiger partial charge in [0.05, 0.1) is 18.7 Å². The van der Waals surface area contributed by atoms with Gasteiger partial charge in [-0.3, -0.25) is 4.79 Å². The first-order chi connectivity index (χ1) is 17.0. The van der Waals surface area contributed by atoms with E-state index in [0.717, 1.165) is 0 Å². The molecule has 0 aromatic heterocycles. The van der Waals surface area contributed by atoms with Crippen LogP contribution in [0.5, 0.6) is 0 Å². The predicted molar refractivity (Wildman–Crippen MR) is 147 cm³/mol. The Morgan fingerprint density at radius 2 is 1.64 bits per heavy atom. The van der Waals surface area contributed by atoms with Crippen molar-refractivity contribution in [3.8, 4) is 0 Å². The number of benzene rings is 3. The normalized spacial score (nSPS) is 18.7. The van der Waals surface area contributed by atoms with Gasteiger partial charge in [-0.05, 0) is 73.9 Å². The third-order valence-electron chi connectivity index (χ3n) is 6.02. The van der Waals surface area contributed by atoms with Gasteiger partial charge in [-0.25, -0.2) is 21.6 Å². The molecule has 1 aliphatic heterocycles. The van der Waals surface area contributed by atoms with E-state index in [1.807, 2.05) is 0 Å². The van der Waals surface area contributed by atoms with E-state index in [0.29, 0.717) is 35.5 Å². The van der Waals surface area contributed by atoms with E-state index in [2.05, 4.69) is 27.3 Å². The molecule has 1 aliphatic rings. The Bertz CT molecular complexity index is 1480. The lowest BCUT2D eigenvalue weighted by Crippen LogP contribution is -2.49. The molecule has 0 spiro atoms. The summed E-state index contributed by atoms with van der Waals surface area (Å²) in [5.41, 5.74) is 0.961. The minimum atomic E-state index is -4.01. The molecule has 1 heterocycles. The Labute approximate surface area is 230 Å². The van der Waals surface area contributed by atoms with Crippen LogP contribution in [0.4, 0.5) is 0 Å². The number of aryl methyl sites for hydroxylation is 1. The van der Waals surface area contributed by atoms with Crippen molar-refractivity contribution < 1.29 is 21.6 Å². The maximum absolute atomic E-state index is 13.3. The second kappa shape index (κ2) is 10.8. The quantitative estimate of drug-likeness (QED) is 0.233. The Morgan fingerprint density at radius 3 is 2.28 bits per heavy atom. The van der Waals surface area contributed by atoms with Gasteiger partial charge in [-0.2, -0.15) is 0 Å². The van der Waals surface area contributed by atoms with E-state index in [1.54, 1.807) is 54.3 Å². The average Bonchev–Trinajstić information content (AvgIpc) is 2.84. The minimum absolute atomic E-state index is 0.0795. The van der Waals surface area contributed by atoms with Crippen molar-refractivity contribution in [2.75, 3.05) is 6.54 Å². The largest absolute Gasteiger partial charge is 0.327 e. The van der Waals surface area contributed by atoms with Crippen LogP contribution >= 0.6 is 34.2 Å². The molecule has 0 bridgehead atoms. The molecule has 11 heteroatoms. The molecule has 190 valence electrons. The summed E-state index contributed by atoms with van der Waals surface area (Å²) in [6.45, 7) is 2.01. The molecule has 3 aromatic rings. The Hall–Kier alpha value is -1.99. The SMILES string of the molecule is Cc1ccc(S(=O)(=O)c2ccccc2)cc1S(=O)(=O)NC1CCN(C(=O)c2ccc(Cl)cc2)C(I)C1. The summed E-state index contributed by atoms with van der Waals surface area (Å²) in [4.78, 5) is 14.6. The molecule has 1 N–H and O–H groups in total. The molecule has 1 fully saturated rings. The minimum Gasteiger partial charge on any atom is -0.327 e. The van der Waals surface area contributed by atoms with Gasteiger partial charge in [-0.1, -0.05) is 58.5 Å². The smallest absolute Gasteiger partial charge is 0.254 e. The van der Waals surface area contributed by atoms with Crippen molar-refractivity contribution in [1.29, 1.82) is 0 Å². The van der Waals surface area contributed by atoms with Crippen LogP contribution in [0.25, 0.3) is 0 Å². The number of sulfone groups is 1. The maximum Gasteiger partial charge on any atom is 0.254 e. The number of likely N-dealkylation sites (tertiary alicyclic amines) is 1. The van der Waals surface area contributed by atoms with Crippen LogP contribution in [0.15, 0.2) is 87.5 Å². The molecule has 4 rings (SSSR count). The Balaban J connectivity index is 1.51. The lowest BCUT2D eigenvalue weighted by molar-refractivity contribution is 0.0696. The zero-order valence-corrected chi connectivity index (χ0v) is 23.8. The molecule has 0 saturated carbocycles. The zero-order valence-electron chi connectivity index (χ0n) is 19.3. The number of nitrogens with zero attached hydrogens (tertiary/aromatic N) is 1. The van der Waals surface area contributed by atoms with Crippen LogP contribution < -0.4 is 4.72 Å². The second-order valence-electron chi connectivity index (χ2n) is 8.53.